The first-order valence-electron chi connectivity index (χ1n) is 4.47. The van der Waals surface area contributed by atoms with Crippen LogP contribution in [0.4, 0.5) is 0 Å². The Kier molecular flexibility index (Phi) is 3.07. The molecule has 0 spiro atoms. The molecule has 1 N–H and O–H groups in total. The molecule has 1 aliphatic heterocycles. The second-order valence-corrected chi connectivity index (χ2v) is 3.56. The largest absolute Gasteiger partial charge is 0.395 e. The van der Waals surface area contributed by atoms with Gasteiger partial charge in [-0.15, -0.1) is 0 Å². The zero-order valence-electron chi connectivity index (χ0n) is 7.70. The quantitative estimate of drug-likeness (QED) is 0.657. The van der Waals surface area contributed by atoms with Crippen LogP contribution in [-0.2, 0) is 0 Å². The highest BCUT2D eigenvalue weighted by Crippen LogP contribution is 2.25. The average Bonchev–Trinajstić information content (AvgIpc) is 2.45. The Bertz CT molecular complexity index is 187. The summed E-state index contributed by atoms with van der Waals surface area (Å²) in [5.41, 5.74) is 0. The van der Waals surface area contributed by atoms with Gasteiger partial charge in [0.1, 0.15) is 0 Å². The van der Waals surface area contributed by atoms with Crippen molar-refractivity contribution in [2.45, 2.75) is 32.4 Å². The molecule has 0 aromatic heterocycles. The molecule has 3 unspecified atom stereocenters. The molecule has 1 rings (SSSR count). The second-order valence-electron chi connectivity index (χ2n) is 3.56. The smallest absolute Gasteiger partial charge is 0.0952 e. The molecule has 3 heteroatoms. The topological polar surface area (TPSA) is 47.3 Å². The minimum Gasteiger partial charge on any atom is -0.395 e. The molecular weight excluding hydrogens is 152 g/mol. The van der Waals surface area contributed by atoms with Crippen molar-refractivity contribution in [3.63, 3.8) is 0 Å². The van der Waals surface area contributed by atoms with Crippen LogP contribution in [0.15, 0.2) is 0 Å². The van der Waals surface area contributed by atoms with Crippen LogP contribution >= 0.6 is 0 Å². The monoisotopic (exact) mass is 168 g/mol. The summed E-state index contributed by atoms with van der Waals surface area (Å²) >= 11 is 0. The van der Waals surface area contributed by atoms with E-state index in [-0.39, 0.29) is 18.7 Å². The number of nitrogens with zero attached hydrogens (tertiary/aromatic N) is 2. The van der Waals surface area contributed by atoms with Crippen LogP contribution < -0.4 is 0 Å². The van der Waals surface area contributed by atoms with Gasteiger partial charge in [-0.05, 0) is 19.3 Å². The lowest BCUT2D eigenvalue weighted by Gasteiger charge is -2.26. The number of likely N-dealkylation sites (tertiary alicyclic amines) is 1. The van der Waals surface area contributed by atoms with Crippen LogP contribution in [0.5, 0.6) is 0 Å². The van der Waals surface area contributed by atoms with E-state index in [0.29, 0.717) is 5.92 Å². The third-order valence-electron chi connectivity index (χ3n) is 2.80. The van der Waals surface area contributed by atoms with E-state index in [1.54, 1.807) is 0 Å². The summed E-state index contributed by atoms with van der Waals surface area (Å²) in [6.45, 7) is 5.14. The van der Waals surface area contributed by atoms with Crippen molar-refractivity contribution in [3.8, 4) is 6.07 Å². The Balaban J connectivity index is 2.61. The molecule has 3 nitrogen and oxygen atoms in total. The van der Waals surface area contributed by atoms with Gasteiger partial charge in [-0.2, -0.15) is 5.26 Å². The number of hydrogen-bond acceptors (Lipinski definition) is 3. The van der Waals surface area contributed by atoms with Crippen LogP contribution in [0.3, 0.4) is 0 Å². The molecule has 1 aliphatic rings. The number of rotatable bonds is 2. The van der Waals surface area contributed by atoms with E-state index in [1.807, 2.05) is 6.92 Å². The number of nitriles is 1. The molecular formula is C9H16N2O. The summed E-state index contributed by atoms with van der Waals surface area (Å²) in [6.07, 6.45) is 1.09. The molecule has 3 atom stereocenters. The number of hydrogen-bond donors (Lipinski definition) is 1. The van der Waals surface area contributed by atoms with Crippen molar-refractivity contribution in [2.24, 2.45) is 5.92 Å². The van der Waals surface area contributed by atoms with Gasteiger partial charge in [0.2, 0.25) is 0 Å². The summed E-state index contributed by atoms with van der Waals surface area (Å²) in [4.78, 5) is 2.09. The Morgan fingerprint density at radius 3 is 2.92 bits per heavy atom. The second kappa shape index (κ2) is 3.88. The van der Waals surface area contributed by atoms with E-state index >= 15 is 0 Å². The summed E-state index contributed by atoms with van der Waals surface area (Å²) in [5, 5.41) is 17.8. The standard InChI is InChI=1S/C9H16N2O/c1-7-3-4-11(8(2)5-10)9(7)6-12/h7-9,12H,3-4,6H2,1-2H3. The first-order chi connectivity index (χ1) is 5.70. The molecule has 0 aromatic carbocycles. The van der Waals surface area contributed by atoms with Gasteiger partial charge in [0.05, 0.1) is 18.7 Å². The summed E-state index contributed by atoms with van der Waals surface area (Å²) in [5.74, 6) is 0.519. The van der Waals surface area contributed by atoms with Gasteiger partial charge in [-0.1, -0.05) is 6.92 Å². The SMILES string of the molecule is CC1CCN(C(C)C#N)C1CO. The Labute approximate surface area is 73.6 Å². The predicted octanol–water partition coefficient (Wildman–Crippen LogP) is 0.601. The highest BCUT2D eigenvalue weighted by molar-refractivity contribution is 4.95. The molecule has 0 amide bonds. The van der Waals surface area contributed by atoms with Crippen LogP contribution in [0, 0.1) is 17.2 Å². The van der Waals surface area contributed by atoms with Crippen molar-refractivity contribution in [1.29, 1.82) is 5.26 Å². The first-order valence-corrected chi connectivity index (χ1v) is 4.47. The van der Waals surface area contributed by atoms with Crippen LogP contribution in [0.1, 0.15) is 20.3 Å². The highest BCUT2D eigenvalue weighted by atomic mass is 16.3. The highest BCUT2D eigenvalue weighted by Gasteiger charge is 2.33. The Hall–Kier alpha value is -0.590. The third-order valence-corrected chi connectivity index (χ3v) is 2.80. The molecule has 0 aromatic rings. The van der Waals surface area contributed by atoms with Crippen molar-refractivity contribution < 1.29 is 5.11 Å². The van der Waals surface area contributed by atoms with Crippen LogP contribution in [0.2, 0.25) is 0 Å². The average molecular weight is 168 g/mol. The van der Waals surface area contributed by atoms with E-state index in [0.717, 1.165) is 13.0 Å². The lowest BCUT2D eigenvalue weighted by Crippen LogP contribution is -2.40. The fourth-order valence-corrected chi connectivity index (χ4v) is 1.88. The molecule has 1 saturated heterocycles. The van der Waals surface area contributed by atoms with Gasteiger partial charge in [0.15, 0.2) is 0 Å². The fourth-order valence-electron chi connectivity index (χ4n) is 1.88. The predicted molar refractivity (Wildman–Crippen MR) is 46.4 cm³/mol. The minimum atomic E-state index is -0.0629. The van der Waals surface area contributed by atoms with Gasteiger partial charge in [-0.25, -0.2) is 0 Å². The fraction of sp³-hybridized carbons (Fsp3) is 0.889. The van der Waals surface area contributed by atoms with E-state index in [2.05, 4.69) is 17.9 Å². The van der Waals surface area contributed by atoms with E-state index in [9.17, 15) is 0 Å². The van der Waals surface area contributed by atoms with Crippen molar-refractivity contribution in [1.82, 2.24) is 4.90 Å². The summed E-state index contributed by atoms with van der Waals surface area (Å²) < 4.78 is 0. The molecule has 1 heterocycles. The molecule has 0 radical (unpaired) electrons. The molecule has 68 valence electrons. The third kappa shape index (κ3) is 1.60. The maximum atomic E-state index is 9.10. The van der Waals surface area contributed by atoms with Crippen molar-refractivity contribution in [2.75, 3.05) is 13.2 Å². The number of aliphatic hydroxyl groups is 1. The lowest BCUT2D eigenvalue weighted by atomic mass is 10.0. The molecule has 12 heavy (non-hydrogen) atoms. The van der Waals surface area contributed by atoms with Gasteiger partial charge < -0.3 is 5.11 Å². The van der Waals surface area contributed by atoms with Crippen molar-refractivity contribution >= 4 is 0 Å². The zero-order chi connectivity index (χ0) is 9.14. The molecule has 1 fully saturated rings. The van der Waals surface area contributed by atoms with Crippen molar-refractivity contribution in [3.05, 3.63) is 0 Å². The number of aliphatic hydroxyl groups excluding tert-OH is 1. The Morgan fingerprint density at radius 2 is 2.42 bits per heavy atom. The minimum absolute atomic E-state index is 0.0629. The zero-order valence-corrected chi connectivity index (χ0v) is 7.70. The maximum absolute atomic E-state index is 9.10. The van der Waals surface area contributed by atoms with E-state index in [1.165, 1.54) is 0 Å². The molecule has 0 aliphatic carbocycles. The molecule has 0 bridgehead atoms. The first kappa shape index (κ1) is 9.50. The maximum Gasteiger partial charge on any atom is 0.0952 e. The van der Waals surface area contributed by atoms with Crippen LogP contribution in [-0.4, -0.2) is 35.2 Å². The Morgan fingerprint density at radius 1 is 1.75 bits per heavy atom. The normalized spacial score (nSPS) is 33.2. The summed E-state index contributed by atoms with van der Waals surface area (Å²) in [7, 11) is 0. The summed E-state index contributed by atoms with van der Waals surface area (Å²) in [6, 6.07) is 2.34. The van der Waals surface area contributed by atoms with Crippen LogP contribution in [0.25, 0.3) is 0 Å². The van der Waals surface area contributed by atoms with E-state index in [4.69, 9.17) is 10.4 Å². The van der Waals surface area contributed by atoms with Gasteiger partial charge in [0, 0.05) is 12.6 Å². The van der Waals surface area contributed by atoms with Gasteiger partial charge in [-0.3, -0.25) is 4.90 Å². The van der Waals surface area contributed by atoms with Gasteiger partial charge >= 0.3 is 0 Å². The van der Waals surface area contributed by atoms with Gasteiger partial charge in [0.25, 0.3) is 0 Å². The molecule has 0 saturated carbocycles. The lowest BCUT2D eigenvalue weighted by molar-refractivity contribution is 0.126. The van der Waals surface area contributed by atoms with E-state index < -0.39 is 0 Å².